The van der Waals surface area contributed by atoms with Gasteiger partial charge in [0.05, 0.1) is 49.9 Å². The van der Waals surface area contributed by atoms with Gasteiger partial charge in [0.1, 0.15) is 16.5 Å². The van der Waals surface area contributed by atoms with Crippen molar-refractivity contribution in [3.8, 4) is 11.5 Å². The third kappa shape index (κ3) is 7.42. The normalized spacial score (nSPS) is 12.6. The lowest BCUT2D eigenvalue weighted by Crippen LogP contribution is -2.38. The number of methoxy groups -OCH3 is 2. The van der Waals surface area contributed by atoms with Crippen molar-refractivity contribution in [2.24, 2.45) is 0 Å². The van der Waals surface area contributed by atoms with Crippen molar-refractivity contribution in [2.45, 2.75) is 0 Å². The number of thiocarbonyl (C=S) groups is 3. The molecule has 1 saturated heterocycles. The summed E-state index contributed by atoms with van der Waals surface area (Å²) in [6.45, 7) is 2.71. The molecule has 3 aromatic rings. The first-order valence-electron chi connectivity index (χ1n) is 12.4. The number of nitrogens with zero attached hydrogens (tertiary/aromatic N) is 1. The van der Waals surface area contributed by atoms with E-state index in [1.54, 1.807) is 31.4 Å². The lowest BCUT2D eigenvalue weighted by atomic mass is 10.2. The van der Waals surface area contributed by atoms with Crippen molar-refractivity contribution in [2.75, 3.05) is 56.1 Å². The molecule has 1 fully saturated rings. The molecule has 208 valence electrons. The van der Waals surface area contributed by atoms with Crippen molar-refractivity contribution in [3.63, 3.8) is 0 Å². The third-order valence-electron chi connectivity index (χ3n) is 6.01. The molecule has 1 heterocycles. The van der Waals surface area contributed by atoms with Crippen molar-refractivity contribution in [3.05, 3.63) is 77.9 Å². The van der Waals surface area contributed by atoms with Gasteiger partial charge in [-0.25, -0.2) is 0 Å². The second-order valence-electron chi connectivity index (χ2n) is 8.55. The summed E-state index contributed by atoms with van der Waals surface area (Å²) in [5, 5.41) is 12.6. The largest absolute Gasteiger partial charge is 0.496 e. The number of anilines is 3. The lowest BCUT2D eigenvalue weighted by Gasteiger charge is -2.31. The minimum absolute atomic E-state index is 0.138. The average molecular weight is 596 g/mol. The predicted octanol–water partition coefficient (Wildman–Crippen LogP) is 4.33. The Balaban J connectivity index is 1.50. The molecule has 4 N–H and O–H groups in total. The summed E-state index contributed by atoms with van der Waals surface area (Å²) in [5.74, 6) is 0.719. The van der Waals surface area contributed by atoms with Gasteiger partial charge in [0.15, 0.2) is 10.2 Å². The van der Waals surface area contributed by atoms with Gasteiger partial charge in [-0.15, -0.1) is 0 Å². The standard InChI is InChI=1S/C28H29N5O4S3/c1-35-23-9-5-3-7-19(23)25(34)31-27(39)29-18-11-12-22(33-13-15-37-16-14-33)21(17-18)30-28(40)32-26(38)20-8-4-6-10-24(20)36-2/h3-12,17H,13-16H2,1-2H3,(H2,29,31,34,39)(H2,30,32,38,40). The van der Waals surface area contributed by atoms with Crippen LogP contribution in [0.1, 0.15) is 15.9 Å². The smallest absolute Gasteiger partial charge is 0.261 e. The van der Waals surface area contributed by atoms with Crippen LogP contribution in [0.5, 0.6) is 11.5 Å². The van der Waals surface area contributed by atoms with Gasteiger partial charge in [0.2, 0.25) is 0 Å². The third-order valence-corrected chi connectivity index (χ3v) is 6.74. The summed E-state index contributed by atoms with van der Waals surface area (Å²) >= 11 is 16.6. The van der Waals surface area contributed by atoms with Crippen LogP contribution in [0.4, 0.5) is 17.1 Å². The molecule has 0 radical (unpaired) electrons. The molecule has 0 atom stereocenters. The van der Waals surface area contributed by atoms with Crippen molar-refractivity contribution >= 4 is 74.8 Å². The monoisotopic (exact) mass is 595 g/mol. The molecule has 0 bridgehead atoms. The van der Waals surface area contributed by atoms with E-state index >= 15 is 0 Å². The molecule has 3 aromatic carbocycles. The zero-order valence-corrected chi connectivity index (χ0v) is 24.4. The highest BCUT2D eigenvalue weighted by Crippen LogP contribution is 2.30. The van der Waals surface area contributed by atoms with Crippen LogP contribution in [0.15, 0.2) is 66.7 Å². The van der Waals surface area contributed by atoms with Gasteiger partial charge in [0.25, 0.3) is 5.91 Å². The highest BCUT2D eigenvalue weighted by molar-refractivity contribution is 7.82. The Morgan fingerprint density at radius 2 is 1.40 bits per heavy atom. The number of hydrogen-bond donors (Lipinski definition) is 4. The second-order valence-corrected chi connectivity index (χ2v) is 9.77. The van der Waals surface area contributed by atoms with E-state index in [2.05, 4.69) is 26.2 Å². The molecule has 9 nitrogen and oxygen atoms in total. The molecule has 0 unspecified atom stereocenters. The molecular formula is C28H29N5O4S3. The molecule has 0 aliphatic carbocycles. The van der Waals surface area contributed by atoms with E-state index in [1.807, 2.05) is 42.5 Å². The van der Waals surface area contributed by atoms with Gasteiger partial charge in [-0.05, 0) is 66.9 Å². The van der Waals surface area contributed by atoms with Crippen LogP contribution in [0.3, 0.4) is 0 Å². The van der Waals surface area contributed by atoms with Gasteiger partial charge in [-0.1, -0.05) is 36.5 Å². The Hall–Kier alpha value is -3.84. The molecule has 12 heteroatoms. The van der Waals surface area contributed by atoms with Crippen LogP contribution in [0.25, 0.3) is 0 Å². The minimum atomic E-state index is -0.381. The van der Waals surface area contributed by atoms with Crippen LogP contribution < -0.4 is 35.6 Å². The lowest BCUT2D eigenvalue weighted by molar-refractivity contribution is 0.0974. The Kier molecular flexibility index (Phi) is 10.2. The van der Waals surface area contributed by atoms with E-state index in [1.165, 1.54) is 7.11 Å². The summed E-state index contributed by atoms with van der Waals surface area (Å²) in [4.78, 5) is 15.4. The summed E-state index contributed by atoms with van der Waals surface area (Å²) in [6.07, 6.45) is 0. The maximum Gasteiger partial charge on any atom is 0.261 e. The molecular weight excluding hydrogens is 567 g/mol. The second kappa shape index (κ2) is 14.0. The molecule has 0 aromatic heterocycles. The molecule has 0 spiro atoms. The summed E-state index contributed by atoms with van der Waals surface area (Å²) in [6, 6.07) is 20.1. The van der Waals surface area contributed by atoms with Gasteiger partial charge in [0, 0.05) is 18.8 Å². The van der Waals surface area contributed by atoms with Crippen LogP contribution in [0, 0.1) is 0 Å². The number of rotatable bonds is 7. The Bertz CT molecular complexity index is 1410. The number of morpholine rings is 1. The maximum atomic E-state index is 12.8. The number of ether oxygens (including phenoxy) is 3. The fraction of sp³-hybridized carbons (Fsp3) is 0.214. The first-order valence-corrected chi connectivity index (χ1v) is 13.6. The van der Waals surface area contributed by atoms with Crippen molar-refractivity contribution < 1.29 is 19.0 Å². The van der Waals surface area contributed by atoms with E-state index in [-0.39, 0.29) is 11.0 Å². The molecule has 1 amide bonds. The van der Waals surface area contributed by atoms with Crippen molar-refractivity contribution in [1.29, 1.82) is 0 Å². The quantitative estimate of drug-likeness (QED) is 0.294. The number of para-hydroxylation sites is 2. The highest BCUT2D eigenvalue weighted by atomic mass is 32.1. The molecule has 1 aliphatic heterocycles. The fourth-order valence-corrected chi connectivity index (χ4v) is 4.87. The van der Waals surface area contributed by atoms with E-state index in [0.717, 1.165) is 30.0 Å². The number of amides is 1. The first kappa shape index (κ1) is 29.2. The van der Waals surface area contributed by atoms with Crippen LogP contribution in [0.2, 0.25) is 0 Å². The van der Waals surface area contributed by atoms with Crippen molar-refractivity contribution in [1.82, 2.24) is 10.6 Å². The Labute approximate surface area is 249 Å². The van der Waals surface area contributed by atoms with Crippen LogP contribution in [-0.4, -0.2) is 61.6 Å². The predicted molar refractivity (Wildman–Crippen MR) is 170 cm³/mol. The Morgan fingerprint density at radius 3 is 2.08 bits per heavy atom. The summed E-state index contributed by atoms with van der Waals surface area (Å²) < 4.78 is 16.2. The minimum Gasteiger partial charge on any atom is -0.496 e. The van der Waals surface area contributed by atoms with Gasteiger partial charge < -0.3 is 35.1 Å². The van der Waals surface area contributed by atoms with E-state index in [4.69, 9.17) is 50.9 Å². The summed E-state index contributed by atoms with van der Waals surface area (Å²) in [7, 11) is 3.10. The van der Waals surface area contributed by atoms with E-state index < -0.39 is 0 Å². The zero-order chi connectivity index (χ0) is 28.5. The highest BCUT2D eigenvalue weighted by Gasteiger charge is 2.18. The first-order chi connectivity index (χ1) is 19.4. The average Bonchev–Trinajstić information content (AvgIpc) is 2.97. The van der Waals surface area contributed by atoms with E-state index in [9.17, 15) is 4.79 Å². The summed E-state index contributed by atoms with van der Waals surface area (Å²) in [5.41, 5.74) is 3.42. The maximum absolute atomic E-state index is 12.8. The van der Waals surface area contributed by atoms with Gasteiger partial charge >= 0.3 is 0 Å². The molecule has 4 rings (SSSR count). The topological polar surface area (TPSA) is 96.1 Å². The van der Waals surface area contributed by atoms with Crippen LogP contribution in [-0.2, 0) is 4.74 Å². The van der Waals surface area contributed by atoms with Gasteiger partial charge in [-0.3, -0.25) is 10.1 Å². The zero-order valence-electron chi connectivity index (χ0n) is 22.0. The number of nitrogens with one attached hydrogen (secondary N) is 4. The van der Waals surface area contributed by atoms with Gasteiger partial charge in [-0.2, -0.15) is 0 Å². The fourth-order valence-electron chi connectivity index (χ4n) is 4.12. The number of hydrogen-bond acceptors (Lipinski definition) is 8. The molecule has 0 saturated carbocycles. The van der Waals surface area contributed by atoms with Crippen LogP contribution >= 0.6 is 36.7 Å². The van der Waals surface area contributed by atoms with E-state index in [0.29, 0.717) is 46.1 Å². The number of carbonyl (C=O) groups is 1. The SMILES string of the molecule is COc1ccccc1C(=O)NC(=S)Nc1ccc(N2CCOCC2)c(NC(=S)NC(=S)c2ccccc2OC)c1. The number of carbonyl (C=O) groups excluding carboxylic acids is 1. The Morgan fingerprint density at radius 1 is 0.800 bits per heavy atom. The molecule has 1 aliphatic rings. The number of benzene rings is 3. The molecule has 40 heavy (non-hydrogen) atoms.